The van der Waals surface area contributed by atoms with Crippen molar-refractivity contribution in [2.75, 3.05) is 19.7 Å². The third kappa shape index (κ3) is 7.83. The minimum absolute atomic E-state index is 0.219. The second kappa shape index (κ2) is 12.9. The van der Waals surface area contributed by atoms with E-state index in [1.54, 1.807) is 41.6 Å². The topological polar surface area (TPSA) is 104 Å². The van der Waals surface area contributed by atoms with Crippen LogP contribution in [-0.2, 0) is 11.3 Å². The van der Waals surface area contributed by atoms with E-state index in [1.807, 2.05) is 51.1 Å². The Bertz CT molecular complexity index is 1680. The number of rotatable bonds is 7. The Morgan fingerprint density at radius 3 is 2.44 bits per heavy atom. The number of aromatic nitrogens is 4. The highest BCUT2D eigenvalue weighted by molar-refractivity contribution is 5.68. The molecule has 1 saturated heterocycles. The first kappa shape index (κ1) is 29.5. The summed E-state index contributed by atoms with van der Waals surface area (Å²) in [6.45, 7) is 15.0. The molecule has 10 heteroatoms. The Morgan fingerprint density at radius 1 is 1.00 bits per heavy atom. The van der Waals surface area contributed by atoms with Crippen LogP contribution in [0.5, 0.6) is 5.75 Å². The van der Waals surface area contributed by atoms with Crippen LogP contribution in [0.3, 0.4) is 0 Å². The zero-order valence-corrected chi connectivity index (χ0v) is 24.6. The first-order chi connectivity index (χ1) is 20.7. The van der Waals surface area contributed by atoms with Crippen molar-refractivity contribution in [3.63, 3.8) is 0 Å². The summed E-state index contributed by atoms with van der Waals surface area (Å²) in [5, 5.41) is 4.54. The molecule has 2 aromatic heterocycles. The van der Waals surface area contributed by atoms with Crippen LogP contribution in [0.2, 0.25) is 0 Å². The van der Waals surface area contributed by atoms with Crippen LogP contribution in [0.4, 0.5) is 10.5 Å². The first-order valence-corrected chi connectivity index (χ1v) is 14.2. The van der Waals surface area contributed by atoms with Crippen molar-refractivity contribution in [3.8, 4) is 28.4 Å². The average Bonchev–Trinajstić information content (AvgIpc) is 3.01. The Kier molecular flexibility index (Phi) is 8.81. The lowest BCUT2D eigenvalue weighted by Gasteiger charge is -2.33. The molecule has 0 N–H and O–H groups in total. The van der Waals surface area contributed by atoms with Crippen LogP contribution in [0, 0.1) is 12.5 Å². The molecule has 3 heterocycles. The van der Waals surface area contributed by atoms with Gasteiger partial charge in [0.05, 0.1) is 37.8 Å². The van der Waals surface area contributed by atoms with Gasteiger partial charge in [-0.25, -0.2) is 24.3 Å². The summed E-state index contributed by atoms with van der Waals surface area (Å²) < 4.78 is 12.9. The lowest BCUT2D eigenvalue weighted by molar-refractivity contribution is 0.0165. The van der Waals surface area contributed by atoms with Gasteiger partial charge in [-0.2, -0.15) is 5.10 Å². The van der Waals surface area contributed by atoms with Crippen LogP contribution in [0.25, 0.3) is 27.5 Å². The number of ether oxygens (including phenoxy) is 2. The molecule has 0 radical (unpaired) electrons. The largest absolute Gasteiger partial charge is 0.490 e. The minimum Gasteiger partial charge on any atom is -0.490 e. The third-order valence-corrected chi connectivity index (χ3v) is 7.04. The summed E-state index contributed by atoms with van der Waals surface area (Å²) in [7, 11) is 0. The number of likely N-dealkylation sites (tertiary alicyclic amines) is 1. The molecular weight excluding hydrogens is 544 g/mol. The molecule has 1 amide bonds. The van der Waals surface area contributed by atoms with Crippen molar-refractivity contribution in [2.24, 2.45) is 5.92 Å². The van der Waals surface area contributed by atoms with E-state index in [0.717, 1.165) is 29.5 Å². The maximum Gasteiger partial charge on any atom is 0.410 e. The SMILES string of the molecule is [C-]#[N+]c1cccc(-c2ccc(=O)n(Cc3cccc(-c4ncc(OCC5CCN(C(=O)OC(C)(C)C)CC5)cn4)c3)n2)c1. The summed E-state index contributed by atoms with van der Waals surface area (Å²) in [5.41, 5.74) is 2.88. The van der Waals surface area contributed by atoms with Crippen molar-refractivity contribution in [3.05, 3.63) is 100 Å². The van der Waals surface area contributed by atoms with Crippen molar-refractivity contribution < 1.29 is 14.3 Å². The molecule has 1 aliphatic rings. The molecular formula is C33H34N6O4. The van der Waals surface area contributed by atoms with Gasteiger partial charge in [0.15, 0.2) is 17.3 Å². The van der Waals surface area contributed by atoms with Crippen LogP contribution in [0.15, 0.2) is 77.9 Å². The lowest BCUT2D eigenvalue weighted by atomic mass is 9.98. The van der Waals surface area contributed by atoms with Gasteiger partial charge in [0.2, 0.25) is 0 Å². The fourth-order valence-corrected chi connectivity index (χ4v) is 4.80. The van der Waals surface area contributed by atoms with E-state index in [2.05, 4.69) is 19.9 Å². The predicted octanol–water partition coefficient (Wildman–Crippen LogP) is 5.99. The fourth-order valence-electron chi connectivity index (χ4n) is 4.80. The number of amides is 1. The maximum absolute atomic E-state index is 12.6. The van der Waals surface area contributed by atoms with E-state index in [0.29, 0.717) is 48.6 Å². The number of hydrogen-bond donors (Lipinski definition) is 0. The number of nitrogens with zero attached hydrogens (tertiary/aromatic N) is 6. The highest BCUT2D eigenvalue weighted by Crippen LogP contribution is 2.24. The molecule has 2 aromatic carbocycles. The highest BCUT2D eigenvalue weighted by Gasteiger charge is 2.27. The second-order valence-electron chi connectivity index (χ2n) is 11.5. The van der Waals surface area contributed by atoms with Crippen molar-refractivity contribution >= 4 is 11.8 Å². The van der Waals surface area contributed by atoms with E-state index in [4.69, 9.17) is 16.0 Å². The molecule has 0 bridgehead atoms. The predicted molar refractivity (Wildman–Crippen MR) is 163 cm³/mol. The highest BCUT2D eigenvalue weighted by atomic mass is 16.6. The zero-order valence-electron chi connectivity index (χ0n) is 24.6. The number of hydrogen-bond acceptors (Lipinski definition) is 7. The maximum atomic E-state index is 12.6. The summed E-state index contributed by atoms with van der Waals surface area (Å²) >= 11 is 0. The van der Waals surface area contributed by atoms with Crippen molar-refractivity contribution in [1.82, 2.24) is 24.6 Å². The van der Waals surface area contributed by atoms with Gasteiger partial charge in [0.1, 0.15) is 5.60 Å². The van der Waals surface area contributed by atoms with Crippen molar-refractivity contribution in [1.29, 1.82) is 0 Å². The molecule has 0 saturated carbocycles. The number of carbonyl (C=O) groups is 1. The summed E-state index contributed by atoms with van der Waals surface area (Å²) in [6.07, 6.45) is 4.76. The standard InChI is InChI=1S/C33H34N6O4/c1-33(2,3)43-32(41)38-15-13-23(14-16-38)22-42-28-19-35-31(36-20-28)26-9-5-7-24(17-26)21-39-30(40)12-11-29(37-39)25-8-6-10-27(18-25)34-4/h5-12,17-20,23H,13-16,21-22H2,1-3H3. The lowest BCUT2D eigenvalue weighted by Crippen LogP contribution is -2.42. The van der Waals surface area contributed by atoms with E-state index in [9.17, 15) is 9.59 Å². The summed E-state index contributed by atoms with van der Waals surface area (Å²) in [6, 6.07) is 18.0. The normalized spacial score (nSPS) is 13.8. The number of carbonyl (C=O) groups excluding carboxylic acids is 1. The van der Waals surface area contributed by atoms with E-state index in [-0.39, 0.29) is 18.2 Å². The molecule has 220 valence electrons. The average molecular weight is 579 g/mol. The summed E-state index contributed by atoms with van der Waals surface area (Å²) in [5.74, 6) is 1.47. The Labute approximate surface area is 250 Å². The molecule has 0 atom stereocenters. The Hall–Kier alpha value is -5.04. The number of benzene rings is 2. The van der Waals surface area contributed by atoms with E-state index < -0.39 is 5.60 Å². The van der Waals surface area contributed by atoms with Crippen LogP contribution < -0.4 is 10.3 Å². The van der Waals surface area contributed by atoms with Crippen molar-refractivity contribution in [2.45, 2.75) is 45.8 Å². The van der Waals surface area contributed by atoms with Gasteiger partial charge < -0.3 is 14.4 Å². The minimum atomic E-state index is -0.499. The molecule has 4 aromatic rings. The van der Waals surface area contributed by atoms with Gasteiger partial charge >= 0.3 is 6.09 Å². The molecule has 1 aliphatic heterocycles. The molecule has 1 fully saturated rings. The van der Waals surface area contributed by atoms with Gasteiger partial charge in [-0.1, -0.05) is 36.4 Å². The quantitative estimate of drug-likeness (QED) is 0.248. The van der Waals surface area contributed by atoms with Gasteiger partial charge in [-0.05, 0) is 68.9 Å². The second-order valence-corrected chi connectivity index (χ2v) is 11.5. The zero-order chi connectivity index (χ0) is 30.4. The monoisotopic (exact) mass is 578 g/mol. The Morgan fingerprint density at radius 2 is 1.72 bits per heavy atom. The van der Waals surface area contributed by atoms with Crippen LogP contribution in [0.1, 0.15) is 39.2 Å². The molecule has 43 heavy (non-hydrogen) atoms. The van der Waals surface area contributed by atoms with Crippen LogP contribution in [-0.4, -0.2) is 56.0 Å². The smallest absolute Gasteiger partial charge is 0.410 e. The van der Waals surface area contributed by atoms with Gasteiger partial charge in [-0.3, -0.25) is 4.79 Å². The first-order valence-electron chi connectivity index (χ1n) is 14.2. The number of piperidine rings is 1. The van der Waals surface area contributed by atoms with Gasteiger partial charge in [-0.15, -0.1) is 0 Å². The molecule has 5 rings (SSSR count). The molecule has 0 spiro atoms. The summed E-state index contributed by atoms with van der Waals surface area (Å²) in [4.78, 5) is 39.1. The van der Waals surface area contributed by atoms with E-state index in [1.165, 1.54) is 10.7 Å². The molecule has 0 aliphatic carbocycles. The van der Waals surface area contributed by atoms with Gasteiger partial charge in [0.25, 0.3) is 5.56 Å². The van der Waals surface area contributed by atoms with Gasteiger partial charge in [0, 0.05) is 24.7 Å². The molecule has 0 unspecified atom stereocenters. The Balaban J connectivity index is 1.18. The van der Waals surface area contributed by atoms with Crippen LogP contribution >= 0.6 is 0 Å². The molecule has 10 nitrogen and oxygen atoms in total. The third-order valence-electron chi connectivity index (χ3n) is 7.04. The fraction of sp³-hybridized carbons (Fsp3) is 0.333. The van der Waals surface area contributed by atoms with E-state index >= 15 is 0 Å².